The van der Waals surface area contributed by atoms with Crippen molar-refractivity contribution in [2.75, 3.05) is 18.5 Å². The summed E-state index contributed by atoms with van der Waals surface area (Å²) in [5.74, 6) is -5.39. The molecule has 4 aromatic rings. The number of fused-ring (bicyclic) bond motifs is 1. The number of hydrogen-bond acceptors (Lipinski definition) is 27. The van der Waals surface area contributed by atoms with Gasteiger partial charge in [0.25, 0.3) is 0 Å². The normalized spacial score (nSPS) is 28.4. The number of aromatic nitrogens is 3. The van der Waals surface area contributed by atoms with Crippen LogP contribution in [-0.2, 0) is 86.1 Å². The number of nitrogens with one attached hydrogen (secondary N) is 2. The molecule has 2 saturated heterocycles. The molecule has 3 aromatic carbocycles. The zero-order chi connectivity index (χ0) is 64.7. The number of amides is 2. The summed E-state index contributed by atoms with van der Waals surface area (Å²) >= 11 is 0. The predicted molar refractivity (Wildman–Crippen MR) is 298 cm³/mol. The van der Waals surface area contributed by atoms with Crippen molar-refractivity contribution >= 4 is 70.6 Å². The fraction of sp³-hybridized carbons (Fsp3) is 0.607. The number of anilines is 1. The molecule has 30 nitrogen and oxygen atoms in total. The van der Waals surface area contributed by atoms with Crippen LogP contribution >= 0.6 is 0 Å². The van der Waals surface area contributed by atoms with Crippen LogP contribution in [0.1, 0.15) is 107 Å². The van der Waals surface area contributed by atoms with Gasteiger partial charge >= 0.3 is 5.97 Å². The lowest BCUT2D eigenvalue weighted by molar-refractivity contribution is -0.355. The monoisotopic (exact) mass is 1310 g/mol. The number of carboxylic acid groups (broad SMARTS) is 1. The number of esters is 1. The van der Waals surface area contributed by atoms with E-state index >= 15 is 0 Å². The number of aliphatic hydroxyl groups excluding tert-OH is 5. The predicted octanol–water partition coefficient (Wildman–Crippen LogP) is -0.577. The molecule has 89 heavy (non-hydrogen) atoms. The van der Waals surface area contributed by atoms with Gasteiger partial charge in [0.15, 0.2) is 18.7 Å². The molecule has 2 aliphatic heterocycles. The van der Waals surface area contributed by atoms with Gasteiger partial charge in [-0.05, 0) is 105 Å². The average molecular weight is 1310 g/mol. The third kappa shape index (κ3) is 17.3. The first-order chi connectivity index (χ1) is 42.1. The Labute approximate surface area is 512 Å². The largest absolute Gasteiger partial charge is 0.744 e. The maximum Gasteiger partial charge on any atom is 0.338 e. The first-order valence-electron chi connectivity index (χ1n) is 29.1. The summed E-state index contributed by atoms with van der Waals surface area (Å²) in [6, 6.07) is 9.71. The Bertz CT molecular complexity index is 3480. The number of hydrogen-bond donors (Lipinski definition) is 7. The molecule has 7 N–H and O–H groups in total. The molecule has 492 valence electrons. The summed E-state index contributed by atoms with van der Waals surface area (Å²) in [5.41, 5.74) is -0.103. The molecule has 1 unspecified atom stereocenters. The fourth-order valence-corrected chi connectivity index (χ4v) is 13.9. The molecular formula is C56H71N5O25S3-4. The molecule has 33 heteroatoms. The standard InChI is InChI=1S/C56H75N5O25S3/c1-3-36-37(52(68)57-20-10-16-33-27-61(60-59-33)21-11-17-43(63)58-38-25-34(87(72,73)74)23-32-24-35(88(75,76)77)26-42(44(32)38)89(78,79)80)18-19-39(49(36)86-55-48(67)47(66)45(64)29(2)81-55)83-56-51(85-54(71)31-14-8-5-9-15-31)50(46(65)41(28-62)84-56)82-40(53(69)70)22-30-12-6-4-7-13-30/h5,8-9,14-15,23-27,29-30,36-37,39-41,45-51,55-56,62,64-67H,3-4,6-7,10-13,16-22,28H2,1-2H3,(H,57,68)(H,58,63)(H,69,70)(H,72,73,74)(H,75,76,77)(H,78,79,80)/p-4/t29-,36-,37?,39+,40-,41+,45+,46-,47+,48-,49+,50-,51+,55-,56+/m0/s1. The van der Waals surface area contributed by atoms with E-state index in [1.807, 2.05) is 0 Å². The Morgan fingerprint density at radius 3 is 2.11 bits per heavy atom. The second-order valence-corrected chi connectivity index (χ2v) is 26.8. The van der Waals surface area contributed by atoms with Crippen LogP contribution in [0.25, 0.3) is 10.8 Å². The van der Waals surface area contributed by atoms with Gasteiger partial charge in [0.05, 0.1) is 68.6 Å². The van der Waals surface area contributed by atoms with E-state index in [4.69, 9.17) is 28.4 Å². The number of nitrogens with zero attached hydrogens (tertiary/aromatic N) is 3. The highest BCUT2D eigenvalue weighted by molar-refractivity contribution is 7.87. The lowest BCUT2D eigenvalue weighted by Gasteiger charge is -2.49. The number of carbonyl (C=O) groups is 4. The summed E-state index contributed by atoms with van der Waals surface area (Å²) in [4.78, 5) is 50.5. The molecule has 2 amide bonds. The van der Waals surface area contributed by atoms with Crippen LogP contribution < -0.4 is 15.7 Å². The zero-order valence-electron chi connectivity index (χ0n) is 48.3. The Kier molecular flexibility index (Phi) is 23.1. The third-order valence-electron chi connectivity index (χ3n) is 16.6. The molecule has 2 saturated carbocycles. The van der Waals surface area contributed by atoms with Gasteiger partial charge in [-0.1, -0.05) is 62.4 Å². The van der Waals surface area contributed by atoms with Crippen molar-refractivity contribution in [1.82, 2.24) is 20.3 Å². The van der Waals surface area contributed by atoms with Crippen LogP contribution in [0.4, 0.5) is 5.69 Å². The van der Waals surface area contributed by atoms with Gasteiger partial charge in [0, 0.05) is 37.0 Å². The van der Waals surface area contributed by atoms with E-state index in [-0.39, 0.29) is 75.6 Å². The number of carboxylic acids is 1. The number of carbonyl (C=O) groups excluding carboxylic acids is 4. The van der Waals surface area contributed by atoms with Crippen molar-refractivity contribution in [3.05, 3.63) is 72.1 Å². The van der Waals surface area contributed by atoms with Gasteiger partial charge in [-0.15, -0.1) is 5.10 Å². The van der Waals surface area contributed by atoms with E-state index in [1.165, 1.54) is 23.7 Å². The minimum atomic E-state index is -5.58. The van der Waals surface area contributed by atoms with Crippen molar-refractivity contribution in [2.24, 2.45) is 17.8 Å². The number of rotatable bonds is 26. The maximum atomic E-state index is 14.3. The van der Waals surface area contributed by atoms with Crippen LogP contribution in [-0.4, -0.2) is 196 Å². The van der Waals surface area contributed by atoms with Gasteiger partial charge in [0.1, 0.15) is 67.0 Å². The Morgan fingerprint density at radius 1 is 0.787 bits per heavy atom. The molecule has 0 spiro atoms. The Morgan fingerprint density at radius 2 is 1.47 bits per heavy atom. The summed E-state index contributed by atoms with van der Waals surface area (Å²) in [6.07, 6.45) is -13.5. The van der Waals surface area contributed by atoms with Crippen LogP contribution in [0.2, 0.25) is 0 Å². The number of ether oxygens (including phenoxy) is 6. The van der Waals surface area contributed by atoms with Crippen molar-refractivity contribution in [2.45, 2.75) is 198 Å². The summed E-state index contributed by atoms with van der Waals surface area (Å²) in [5, 5.41) is 79.7. The van der Waals surface area contributed by atoms with E-state index in [0.717, 1.165) is 32.1 Å². The lowest BCUT2D eigenvalue weighted by atomic mass is 9.73. The van der Waals surface area contributed by atoms with Crippen molar-refractivity contribution in [1.29, 1.82) is 0 Å². The molecule has 0 bridgehead atoms. The molecule has 3 heterocycles. The highest BCUT2D eigenvalue weighted by Crippen LogP contribution is 2.42. The molecule has 1 aromatic heterocycles. The molecular weight excluding hydrogens is 1240 g/mol. The Balaban J connectivity index is 0.936. The van der Waals surface area contributed by atoms with Crippen LogP contribution in [0.3, 0.4) is 0 Å². The number of aliphatic hydroxyl groups is 5. The van der Waals surface area contributed by atoms with Gasteiger partial charge < -0.3 is 88.1 Å². The first kappa shape index (κ1) is 69.2. The summed E-state index contributed by atoms with van der Waals surface area (Å²) < 4.78 is 147. The highest BCUT2D eigenvalue weighted by Gasteiger charge is 2.54. The smallest absolute Gasteiger partial charge is 0.338 e. The highest BCUT2D eigenvalue weighted by atomic mass is 32.2. The summed E-state index contributed by atoms with van der Waals surface area (Å²) in [6.45, 7) is 2.58. The van der Waals surface area contributed by atoms with Crippen molar-refractivity contribution in [3.8, 4) is 0 Å². The Hall–Kier alpha value is -5.73. The van der Waals surface area contributed by atoms with E-state index in [0.29, 0.717) is 30.3 Å². The second-order valence-electron chi connectivity index (χ2n) is 22.7. The minimum absolute atomic E-state index is 0.00900. The molecule has 15 atom stereocenters. The van der Waals surface area contributed by atoms with E-state index in [9.17, 15) is 88.7 Å². The first-order valence-corrected chi connectivity index (χ1v) is 33.3. The maximum absolute atomic E-state index is 14.3. The lowest BCUT2D eigenvalue weighted by Crippen LogP contribution is -2.64. The quantitative estimate of drug-likeness (QED) is 0.0235. The third-order valence-corrected chi connectivity index (χ3v) is 19.0. The number of aliphatic carboxylic acids is 1. The number of benzene rings is 3. The molecule has 4 aliphatic rings. The molecule has 2 aliphatic carbocycles. The second kappa shape index (κ2) is 29.7. The molecule has 0 radical (unpaired) electrons. The van der Waals surface area contributed by atoms with Gasteiger partial charge in [0.2, 0.25) is 11.8 Å². The summed E-state index contributed by atoms with van der Waals surface area (Å²) in [7, 11) is -16.3. The van der Waals surface area contributed by atoms with Gasteiger partial charge in [-0.2, -0.15) is 0 Å². The average Bonchev–Trinajstić information content (AvgIpc) is 1.98. The minimum Gasteiger partial charge on any atom is -0.744 e. The SMILES string of the molecule is CC[C@H]1C(C(=O)NCCCc2cn(CCCC(=O)Nc3cc(S(=O)(=O)[O-])cc4cc(S(=O)(=O)[O-])cc(S(=O)(=O)[O-])c34)nn2)CC[C@@H](O[C@@H]2O[C@H](CO)[C@H](O)[C@H](O[C@@H](CC3CCCCC3)C(=O)[O-])[C@H]2OC(=O)c2ccccc2)[C@@H]1O[C@@H]1O[C@@H](C)[C@@H](O)[C@@H](O)[C@@H]1O. The molecule has 8 rings (SSSR count). The van der Waals surface area contributed by atoms with Crippen LogP contribution in [0.15, 0.2) is 75.5 Å². The van der Waals surface area contributed by atoms with E-state index < -0.39 is 183 Å². The van der Waals surface area contributed by atoms with Gasteiger partial charge in [-0.25, -0.2) is 30.0 Å². The van der Waals surface area contributed by atoms with Crippen LogP contribution in [0.5, 0.6) is 0 Å². The van der Waals surface area contributed by atoms with Gasteiger partial charge in [-0.3, -0.25) is 14.3 Å². The number of aryl methyl sites for hydroxylation is 2. The topological polar surface area (TPSA) is 474 Å². The van der Waals surface area contributed by atoms with Crippen molar-refractivity contribution in [3.63, 3.8) is 0 Å². The van der Waals surface area contributed by atoms with Crippen LogP contribution in [0, 0.1) is 17.8 Å². The van der Waals surface area contributed by atoms with E-state index in [1.54, 1.807) is 31.3 Å². The van der Waals surface area contributed by atoms with E-state index in [2.05, 4.69) is 20.9 Å². The molecule has 4 fully saturated rings. The fourth-order valence-electron chi connectivity index (χ4n) is 12.0. The zero-order valence-corrected chi connectivity index (χ0v) is 50.7. The van der Waals surface area contributed by atoms with Crippen molar-refractivity contribution < 1.29 is 117 Å².